The Balaban J connectivity index is 4.57. The number of methoxy groups -OCH3 is 1. The Morgan fingerprint density at radius 1 is 1.37 bits per heavy atom. The van der Waals surface area contributed by atoms with Gasteiger partial charge in [0, 0.05) is 32.1 Å². The van der Waals surface area contributed by atoms with Crippen LogP contribution in [0.15, 0.2) is 17.3 Å². The number of likely N-dealkylation sites (N-methyl/N-ethyl adjacent to an activating group) is 2. The first-order valence-corrected chi connectivity index (χ1v) is 6.38. The number of rotatable bonds is 6. The molecule has 0 spiro atoms. The third-order valence-electron chi connectivity index (χ3n) is 2.93. The Kier molecular flexibility index (Phi) is 7.56. The van der Waals surface area contributed by atoms with Gasteiger partial charge in [0.05, 0.1) is 6.54 Å². The molecule has 110 valence electrons. The number of hydrogen-bond acceptors (Lipinski definition) is 4. The summed E-state index contributed by atoms with van der Waals surface area (Å²) in [7, 11) is 5.27. The second kappa shape index (κ2) is 8.07. The first-order chi connectivity index (χ1) is 8.73. The highest BCUT2D eigenvalue weighted by Gasteiger charge is 2.24. The van der Waals surface area contributed by atoms with Crippen LogP contribution in [-0.2, 0) is 9.53 Å². The number of aliphatic imine (C=N–C) groups is 1. The van der Waals surface area contributed by atoms with Crippen LogP contribution in [-0.4, -0.2) is 61.4 Å². The highest BCUT2D eigenvalue weighted by molar-refractivity contribution is 5.78. The van der Waals surface area contributed by atoms with Crippen molar-refractivity contribution >= 4 is 12.1 Å². The Morgan fingerprint density at radius 3 is 2.37 bits per heavy atom. The monoisotopic (exact) mass is 269 g/mol. The van der Waals surface area contributed by atoms with E-state index in [1.807, 2.05) is 52.8 Å². The molecule has 0 bridgehead atoms. The lowest BCUT2D eigenvalue weighted by molar-refractivity contribution is -0.137. The van der Waals surface area contributed by atoms with Gasteiger partial charge < -0.3 is 9.64 Å². The molecule has 0 rings (SSSR count). The van der Waals surface area contributed by atoms with Gasteiger partial charge in [0.25, 0.3) is 0 Å². The summed E-state index contributed by atoms with van der Waals surface area (Å²) >= 11 is 0. The van der Waals surface area contributed by atoms with E-state index in [0.717, 1.165) is 0 Å². The van der Waals surface area contributed by atoms with Gasteiger partial charge in [0.2, 0.25) is 5.91 Å². The van der Waals surface area contributed by atoms with E-state index < -0.39 is 0 Å². The second-order valence-corrected chi connectivity index (χ2v) is 5.41. The molecule has 1 unspecified atom stereocenters. The van der Waals surface area contributed by atoms with Crippen molar-refractivity contribution in [2.45, 2.75) is 39.5 Å². The molecule has 0 saturated heterocycles. The minimum absolute atomic E-state index is 0.0597. The molecule has 0 aliphatic rings. The van der Waals surface area contributed by atoms with E-state index >= 15 is 0 Å². The zero-order chi connectivity index (χ0) is 15.1. The SMILES string of the molecule is C/C=N/C=C\C(OC)N(C)CC(=O)N(C)C(C)(C)C. The summed E-state index contributed by atoms with van der Waals surface area (Å²) in [6.07, 6.45) is 4.91. The fourth-order valence-electron chi connectivity index (χ4n) is 1.40. The third kappa shape index (κ3) is 6.50. The Morgan fingerprint density at radius 2 is 1.95 bits per heavy atom. The van der Waals surface area contributed by atoms with Gasteiger partial charge in [0.1, 0.15) is 6.23 Å². The molecule has 1 atom stereocenters. The molecule has 0 aromatic rings. The molecule has 19 heavy (non-hydrogen) atoms. The van der Waals surface area contributed by atoms with Crippen LogP contribution in [0.3, 0.4) is 0 Å². The lowest BCUT2D eigenvalue weighted by Crippen LogP contribution is -2.48. The predicted molar refractivity (Wildman–Crippen MR) is 79.3 cm³/mol. The van der Waals surface area contributed by atoms with E-state index in [2.05, 4.69) is 4.99 Å². The lowest BCUT2D eigenvalue weighted by atomic mass is 10.1. The van der Waals surface area contributed by atoms with Crippen molar-refractivity contribution in [2.24, 2.45) is 4.99 Å². The Bertz CT molecular complexity index is 332. The molecule has 1 amide bonds. The average Bonchev–Trinajstić information content (AvgIpc) is 2.32. The molecule has 0 aliphatic carbocycles. The molecule has 0 radical (unpaired) electrons. The lowest BCUT2D eigenvalue weighted by Gasteiger charge is -2.34. The van der Waals surface area contributed by atoms with Gasteiger partial charge in [-0.15, -0.1) is 0 Å². The molecular formula is C14H27N3O2. The molecule has 0 aromatic carbocycles. The topological polar surface area (TPSA) is 45.1 Å². The van der Waals surface area contributed by atoms with E-state index in [0.29, 0.717) is 6.54 Å². The number of hydrogen-bond donors (Lipinski definition) is 0. The number of carbonyl (C=O) groups excluding carboxylic acids is 1. The minimum atomic E-state index is -0.263. The maximum Gasteiger partial charge on any atom is 0.237 e. The van der Waals surface area contributed by atoms with Gasteiger partial charge in [-0.25, -0.2) is 0 Å². The quantitative estimate of drug-likeness (QED) is 0.545. The van der Waals surface area contributed by atoms with E-state index in [4.69, 9.17) is 4.74 Å². The van der Waals surface area contributed by atoms with Crippen molar-refractivity contribution in [1.82, 2.24) is 9.80 Å². The average molecular weight is 269 g/mol. The van der Waals surface area contributed by atoms with Gasteiger partial charge in [-0.1, -0.05) is 0 Å². The van der Waals surface area contributed by atoms with Gasteiger partial charge in [-0.2, -0.15) is 0 Å². The van der Waals surface area contributed by atoms with Crippen molar-refractivity contribution in [3.63, 3.8) is 0 Å². The van der Waals surface area contributed by atoms with Crippen molar-refractivity contribution in [2.75, 3.05) is 27.7 Å². The largest absolute Gasteiger partial charge is 0.363 e. The molecule has 0 aromatic heterocycles. The maximum absolute atomic E-state index is 12.1. The van der Waals surface area contributed by atoms with Crippen LogP contribution in [0.1, 0.15) is 27.7 Å². The first-order valence-electron chi connectivity index (χ1n) is 6.38. The number of nitrogens with zero attached hydrogens (tertiary/aromatic N) is 3. The van der Waals surface area contributed by atoms with E-state index in [1.165, 1.54) is 0 Å². The van der Waals surface area contributed by atoms with Gasteiger partial charge in [-0.05, 0) is 40.8 Å². The number of ether oxygens (including phenoxy) is 1. The van der Waals surface area contributed by atoms with Gasteiger partial charge in [0.15, 0.2) is 0 Å². The summed E-state index contributed by atoms with van der Waals surface area (Å²) in [6.45, 7) is 8.17. The van der Waals surface area contributed by atoms with Crippen LogP contribution in [0, 0.1) is 0 Å². The van der Waals surface area contributed by atoms with Crippen LogP contribution in [0.2, 0.25) is 0 Å². The van der Waals surface area contributed by atoms with Crippen LogP contribution < -0.4 is 0 Å². The van der Waals surface area contributed by atoms with E-state index in [1.54, 1.807) is 24.4 Å². The van der Waals surface area contributed by atoms with Crippen LogP contribution in [0.5, 0.6) is 0 Å². The molecule has 5 nitrogen and oxygen atoms in total. The molecule has 0 aliphatic heterocycles. The standard InChI is InChI=1S/C14H27N3O2/c1-8-15-10-9-13(19-7)16(5)11-12(18)17(6)14(2,3)4/h8-10,13H,11H2,1-7H3/b10-9-,15-8+. The zero-order valence-electron chi connectivity index (χ0n) is 13.2. The molecule has 0 saturated carbocycles. The van der Waals surface area contributed by atoms with Crippen molar-refractivity contribution in [3.05, 3.63) is 12.3 Å². The smallest absolute Gasteiger partial charge is 0.237 e. The first kappa shape index (κ1) is 17.8. The predicted octanol–water partition coefficient (Wildman–Crippen LogP) is 1.75. The van der Waals surface area contributed by atoms with E-state index in [-0.39, 0.29) is 17.7 Å². The molecule has 0 N–H and O–H groups in total. The van der Waals surface area contributed by atoms with Crippen LogP contribution in [0.25, 0.3) is 0 Å². The number of carbonyl (C=O) groups is 1. The highest BCUT2D eigenvalue weighted by atomic mass is 16.5. The van der Waals surface area contributed by atoms with Gasteiger partial charge in [-0.3, -0.25) is 14.7 Å². The van der Waals surface area contributed by atoms with Crippen LogP contribution in [0.4, 0.5) is 0 Å². The minimum Gasteiger partial charge on any atom is -0.363 e. The van der Waals surface area contributed by atoms with Crippen molar-refractivity contribution < 1.29 is 9.53 Å². The number of amides is 1. The fourth-order valence-corrected chi connectivity index (χ4v) is 1.40. The fraction of sp³-hybridized carbons (Fsp3) is 0.714. The van der Waals surface area contributed by atoms with Crippen molar-refractivity contribution in [3.8, 4) is 0 Å². The van der Waals surface area contributed by atoms with Crippen LogP contribution >= 0.6 is 0 Å². The highest BCUT2D eigenvalue weighted by Crippen LogP contribution is 2.11. The summed E-state index contributed by atoms with van der Waals surface area (Å²) in [5.41, 5.74) is -0.178. The normalized spacial score (nSPS) is 14.5. The summed E-state index contributed by atoms with van der Waals surface area (Å²) < 4.78 is 5.32. The second-order valence-electron chi connectivity index (χ2n) is 5.41. The molecule has 5 heteroatoms. The summed E-state index contributed by atoms with van der Waals surface area (Å²) in [4.78, 5) is 19.7. The Hall–Kier alpha value is -1.20. The summed E-state index contributed by atoms with van der Waals surface area (Å²) in [5.74, 6) is 0.0597. The Labute approximate surface area is 116 Å². The summed E-state index contributed by atoms with van der Waals surface area (Å²) in [5, 5.41) is 0. The maximum atomic E-state index is 12.1. The molecule has 0 fully saturated rings. The third-order valence-corrected chi connectivity index (χ3v) is 2.93. The van der Waals surface area contributed by atoms with Gasteiger partial charge >= 0.3 is 0 Å². The summed E-state index contributed by atoms with van der Waals surface area (Å²) in [6, 6.07) is 0. The van der Waals surface area contributed by atoms with E-state index in [9.17, 15) is 4.79 Å². The molecular weight excluding hydrogens is 242 g/mol. The van der Waals surface area contributed by atoms with Crippen molar-refractivity contribution in [1.29, 1.82) is 0 Å². The molecule has 0 heterocycles. The zero-order valence-corrected chi connectivity index (χ0v) is 13.2.